The van der Waals surface area contributed by atoms with E-state index in [4.69, 9.17) is 0 Å². The summed E-state index contributed by atoms with van der Waals surface area (Å²) < 4.78 is 0. The van der Waals surface area contributed by atoms with Gasteiger partial charge in [-0.3, -0.25) is 5.10 Å². The zero-order valence-corrected chi connectivity index (χ0v) is 5.89. The highest BCUT2D eigenvalue weighted by molar-refractivity contribution is 5.71. The van der Waals surface area contributed by atoms with Crippen LogP contribution in [0.4, 0.5) is 0 Å². The molecule has 0 saturated carbocycles. The molecule has 1 unspecified atom stereocenters. The van der Waals surface area contributed by atoms with Crippen LogP contribution in [-0.4, -0.2) is 21.4 Å². The van der Waals surface area contributed by atoms with Crippen molar-refractivity contribution in [3.8, 4) is 0 Å². The molecule has 2 heterocycles. The minimum absolute atomic E-state index is 0.545. The predicted octanol–water partition coefficient (Wildman–Crippen LogP) is 0.471. The number of rotatable bonds is 1. The average Bonchev–Trinajstić information content (AvgIpc) is 2.55. The Morgan fingerprint density at radius 2 is 2.45 bits per heavy atom. The summed E-state index contributed by atoms with van der Waals surface area (Å²) in [7, 11) is 0. The van der Waals surface area contributed by atoms with Crippen LogP contribution >= 0.6 is 0 Å². The van der Waals surface area contributed by atoms with Gasteiger partial charge in [0.15, 0.2) is 11.4 Å². The Bertz CT molecular complexity index is 285. The Labute approximate surface area is 62.4 Å². The lowest BCUT2D eigenvalue weighted by Crippen LogP contribution is -2.20. The molecular formula is C5H6N6. The molecule has 2 rings (SSSR count). The molecule has 6 heteroatoms. The summed E-state index contributed by atoms with van der Waals surface area (Å²) in [5.74, 6) is 0.655. The van der Waals surface area contributed by atoms with Gasteiger partial charge in [0.2, 0.25) is 0 Å². The molecule has 0 aliphatic carbocycles. The van der Waals surface area contributed by atoms with Crippen molar-refractivity contribution in [3.05, 3.63) is 12.2 Å². The van der Waals surface area contributed by atoms with Crippen molar-refractivity contribution in [2.75, 3.05) is 0 Å². The second kappa shape index (κ2) is 1.94. The molecule has 1 N–H and O–H groups in total. The first-order chi connectivity index (χ1) is 5.31. The van der Waals surface area contributed by atoms with Crippen molar-refractivity contribution < 1.29 is 0 Å². The maximum absolute atomic E-state index is 3.96. The van der Waals surface area contributed by atoms with Crippen molar-refractivity contribution in [3.63, 3.8) is 0 Å². The van der Waals surface area contributed by atoms with Crippen LogP contribution in [0, 0.1) is 0 Å². The molecule has 1 atom stereocenters. The van der Waals surface area contributed by atoms with E-state index in [0.29, 0.717) is 5.82 Å². The molecule has 1 aliphatic heterocycles. The smallest absolute Gasteiger partial charge is 0.176 e. The van der Waals surface area contributed by atoms with Crippen LogP contribution in [0.15, 0.2) is 21.8 Å². The molecule has 0 spiro atoms. The summed E-state index contributed by atoms with van der Waals surface area (Å²) in [6.07, 6.45) is 3.05. The molecule has 0 amide bonds. The van der Waals surface area contributed by atoms with Gasteiger partial charge >= 0.3 is 0 Å². The van der Waals surface area contributed by atoms with Crippen LogP contribution in [0.5, 0.6) is 0 Å². The van der Waals surface area contributed by atoms with E-state index in [1.165, 1.54) is 6.33 Å². The van der Waals surface area contributed by atoms with Crippen LogP contribution in [0.2, 0.25) is 0 Å². The standard InChI is InChI=1S/C5H6N6/c1-5(2-7-11-10-5)4-6-3-8-9-4/h2-3H,1H3,(H,6,8,9). The summed E-state index contributed by atoms with van der Waals surface area (Å²) in [6.45, 7) is 1.85. The van der Waals surface area contributed by atoms with Gasteiger partial charge in [0.25, 0.3) is 0 Å². The maximum Gasteiger partial charge on any atom is 0.176 e. The zero-order valence-electron chi connectivity index (χ0n) is 5.89. The van der Waals surface area contributed by atoms with E-state index >= 15 is 0 Å². The molecule has 0 aromatic carbocycles. The number of hydrogen-bond donors (Lipinski definition) is 1. The third-order valence-corrected chi connectivity index (χ3v) is 1.51. The Morgan fingerprint density at radius 1 is 1.55 bits per heavy atom. The van der Waals surface area contributed by atoms with Crippen LogP contribution in [0.25, 0.3) is 0 Å². The maximum atomic E-state index is 3.96. The Balaban J connectivity index is 2.43. The van der Waals surface area contributed by atoms with Gasteiger partial charge in [-0.05, 0) is 12.1 Å². The molecule has 56 valence electrons. The molecular weight excluding hydrogens is 144 g/mol. The number of nitrogens with one attached hydrogen (secondary N) is 1. The summed E-state index contributed by atoms with van der Waals surface area (Å²) in [6, 6.07) is 0. The van der Waals surface area contributed by atoms with E-state index in [9.17, 15) is 0 Å². The van der Waals surface area contributed by atoms with Crippen LogP contribution in [-0.2, 0) is 5.54 Å². The minimum Gasteiger partial charge on any atom is -0.261 e. The van der Waals surface area contributed by atoms with Crippen LogP contribution in [0.3, 0.4) is 0 Å². The largest absolute Gasteiger partial charge is 0.261 e. The lowest BCUT2D eigenvalue weighted by molar-refractivity contribution is 0.623. The predicted molar refractivity (Wildman–Crippen MR) is 37.1 cm³/mol. The van der Waals surface area contributed by atoms with E-state index < -0.39 is 5.54 Å². The lowest BCUT2D eigenvalue weighted by atomic mass is 10.1. The van der Waals surface area contributed by atoms with E-state index in [1.54, 1.807) is 6.21 Å². The fourth-order valence-corrected chi connectivity index (χ4v) is 0.841. The molecule has 1 aromatic heterocycles. The van der Waals surface area contributed by atoms with E-state index in [1.807, 2.05) is 6.92 Å². The first-order valence-electron chi connectivity index (χ1n) is 3.13. The molecule has 0 saturated heterocycles. The van der Waals surface area contributed by atoms with Crippen molar-refractivity contribution in [2.45, 2.75) is 12.5 Å². The summed E-state index contributed by atoms with van der Waals surface area (Å²) in [4.78, 5) is 3.96. The minimum atomic E-state index is -0.545. The Hall–Kier alpha value is -1.59. The van der Waals surface area contributed by atoms with Crippen molar-refractivity contribution in [1.82, 2.24) is 15.2 Å². The van der Waals surface area contributed by atoms with Gasteiger partial charge in [0, 0.05) is 0 Å². The van der Waals surface area contributed by atoms with Crippen molar-refractivity contribution in [1.29, 1.82) is 0 Å². The van der Waals surface area contributed by atoms with Gasteiger partial charge in [-0.15, -0.1) is 10.2 Å². The van der Waals surface area contributed by atoms with Crippen LogP contribution in [0.1, 0.15) is 12.7 Å². The molecule has 0 radical (unpaired) electrons. The van der Waals surface area contributed by atoms with E-state index in [0.717, 1.165) is 0 Å². The number of aromatic nitrogens is 3. The number of hydrogen-bond acceptors (Lipinski definition) is 5. The molecule has 1 aliphatic rings. The number of nitrogens with zero attached hydrogens (tertiary/aromatic N) is 5. The quantitative estimate of drug-likeness (QED) is 0.631. The zero-order chi connectivity index (χ0) is 7.73. The van der Waals surface area contributed by atoms with Crippen molar-refractivity contribution >= 4 is 6.21 Å². The van der Waals surface area contributed by atoms with Gasteiger partial charge in [-0.1, -0.05) is 0 Å². The topological polar surface area (TPSA) is 78.6 Å². The van der Waals surface area contributed by atoms with Gasteiger partial charge in [-0.25, -0.2) is 4.98 Å². The van der Waals surface area contributed by atoms with Gasteiger partial charge in [0.05, 0.1) is 6.21 Å². The van der Waals surface area contributed by atoms with E-state index in [-0.39, 0.29) is 0 Å². The molecule has 1 aromatic rings. The number of H-pyrrole nitrogens is 1. The normalized spacial score (nSPS) is 28.1. The fourth-order valence-electron chi connectivity index (χ4n) is 0.841. The highest BCUT2D eigenvalue weighted by atomic mass is 15.4. The Kier molecular flexibility index (Phi) is 1.09. The summed E-state index contributed by atoms with van der Waals surface area (Å²) in [5, 5.41) is 17.4. The third-order valence-electron chi connectivity index (χ3n) is 1.51. The van der Waals surface area contributed by atoms with Gasteiger partial charge in [0.1, 0.15) is 6.33 Å². The first kappa shape index (κ1) is 6.14. The van der Waals surface area contributed by atoms with Gasteiger partial charge < -0.3 is 0 Å². The van der Waals surface area contributed by atoms with Gasteiger partial charge in [-0.2, -0.15) is 5.10 Å². The summed E-state index contributed by atoms with van der Waals surface area (Å²) >= 11 is 0. The highest BCUT2D eigenvalue weighted by Crippen LogP contribution is 2.22. The first-order valence-corrected chi connectivity index (χ1v) is 3.13. The third kappa shape index (κ3) is 0.830. The second-order valence-corrected chi connectivity index (χ2v) is 2.42. The van der Waals surface area contributed by atoms with Crippen LogP contribution < -0.4 is 0 Å². The molecule has 0 fully saturated rings. The monoisotopic (exact) mass is 150 g/mol. The van der Waals surface area contributed by atoms with E-state index in [2.05, 4.69) is 30.6 Å². The average molecular weight is 150 g/mol. The second-order valence-electron chi connectivity index (χ2n) is 2.42. The number of aromatic amines is 1. The molecule has 0 bridgehead atoms. The SMILES string of the molecule is CC1(c2ncn[nH]2)C=NN=N1. The lowest BCUT2D eigenvalue weighted by Gasteiger charge is -2.08. The fraction of sp³-hybridized carbons (Fsp3) is 0.400. The highest BCUT2D eigenvalue weighted by Gasteiger charge is 2.30. The Morgan fingerprint density at radius 3 is 3.00 bits per heavy atom. The van der Waals surface area contributed by atoms with Crippen molar-refractivity contribution in [2.24, 2.45) is 15.4 Å². The molecule has 6 nitrogen and oxygen atoms in total. The summed E-state index contributed by atoms with van der Waals surface area (Å²) in [5.41, 5.74) is -0.545. The molecule has 11 heavy (non-hydrogen) atoms.